The summed E-state index contributed by atoms with van der Waals surface area (Å²) in [6.07, 6.45) is 2.89. The quantitative estimate of drug-likeness (QED) is 0.304. The first-order valence-electron chi connectivity index (χ1n) is 11.5. The van der Waals surface area contributed by atoms with E-state index >= 15 is 0 Å². The molecule has 0 aliphatic carbocycles. The Morgan fingerprint density at radius 3 is 2.52 bits per heavy atom. The third-order valence-electron chi connectivity index (χ3n) is 6.59. The van der Waals surface area contributed by atoms with Gasteiger partial charge in [0.1, 0.15) is 6.61 Å². The molecule has 3 aromatic carbocycles. The number of fused-ring (bicyclic) bond motifs is 1. The zero-order valence-corrected chi connectivity index (χ0v) is 18.8. The minimum Gasteiger partial charge on any atom is -0.460 e. The van der Waals surface area contributed by atoms with E-state index in [1.165, 1.54) is 0 Å². The molecule has 33 heavy (non-hydrogen) atoms. The molecule has 1 aliphatic rings. The first-order valence-corrected chi connectivity index (χ1v) is 11.5. The van der Waals surface area contributed by atoms with E-state index in [4.69, 9.17) is 16.2 Å². The van der Waals surface area contributed by atoms with Gasteiger partial charge in [0.2, 0.25) is 5.91 Å². The van der Waals surface area contributed by atoms with E-state index in [0.29, 0.717) is 31.6 Å². The monoisotopic (exact) mass is 445 g/mol. The van der Waals surface area contributed by atoms with E-state index in [1.54, 1.807) is 17.0 Å². The van der Waals surface area contributed by atoms with Crippen LogP contribution in [0, 0.1) is 5.41 Å². The predicted molar refractivity (Wildman–Crippen MR) is 132 cm³/mol. The average molecular weight is 446 g/mol. The van der Waals surface area contributed by atoms with Gasteiger partial charge in [-0.1, -0.05) is 48.9 Å². The maximum atomic E-state index is 13.4. The van der Waals surface area contributed by atoms with Gasteiger partial charge in [-0.2, -0.15) is 0 Å². The number of nitrogens with two attached hydrogens (primary N) is 2. The van der Waals surface area contributed by atoms with Crippen LogP contribution < -0.4 is 16.4 Å². The fraction of sp³-hybridized carbons (Fsp3) is 0.333. The van der Waals surface area contributed by atoms with E-state index in [1.807, 2.05) is 54.6 Å². The van der Waals surface area contributed by atoms with E-state index in [2.05, 4.69) is 0 Å². The first kappa shape index (κ1) is 22.8. The van der Waals surface area contributed by atoms with Crippen LogP contribution in [0.25, 0.3) is 10.8 Å². The second-order valence-corrected chi connectivity index (χ2v) is 8.80. The van der Waals surface area contributed by atoms with Crippen molar-refractivity contribution < 1.29 is 14.3 Å². The molecule has 172 valence electrons. The summed E-state index contributed by atoms with van der Waals surface area (Å²) in [5, 5.41) is 2.18. The molecule has 1 unspecified atom stereocenters. The predicted octanol–water partition coefficient (Wildman–Crippen LogP) is 4.41. The fourth-order valence-corrected chi connectivity index (χ4v) is 4.66. The van der Waals surface area contributed by atoms with Crippen molar-refractivity contribution in [1.29, 1.82) is 0 Å². The number of amides is 1. The summed E-state index contributed by atoms with van der Waals surface area (Å²) in [6, 6.07) is 21.3. The molecule has 4 N–H and O–H groups in total. The summed E-state index contributed by atoms with van der Waals surface area (Å²) in [5.74, 6) is -0.362. The third kappa shape index (κ3) is 5.01. The van der Waals surface area contributed by atoms with Crippen LogP contribution in [0.5, 0.6) is 0 Å². The largest absolute Gasteiger partial charge is 0.460 e. The molecular weight excluding hydrogens is 414 g/mol. The number of hydrogen-bond acceptors (Lipinski definition) is 5. The lowest BCUT2D eigenvalue weighted by molar-refractivity contribution is -0.161. The fourth-order valence-electron chi connectivity index (χ4n) is 4.66. The molecular formula is C27H31N3O3. The highest BCUT2D eigenvalue weighted by Crippen LogP contribution is 2.40. The number of hydrogen-bond donors (Lipinski definition) is 2. The second kappa shape index (κ2) is 10.0. The van der Waals surface area contributed by atoms with Crippen molar-refractivity contribution in [3.63, 3.8) is 0 Å². The Morgan fingerprint density at radius 1 is 1.00 bits per heavy atom. The molecule has 1 amide bonds. The van der Waals surface area contributed by atoms with E-state index in [0.717, 1.165) is 34.9 Å². The van der Waals surface area contributed by atoms with Crippen LogP contribution in [0.4, 0.5) is 11.4 Å². The van der Waals surface area contributed by atoms with Crippen LogP contribution in [-0.2, 0) is 20.9 Å². The lowest BCUT2D eigenvalue weighted by Gasteiger charge is -2.39. The number of esters is 1. The highest BCUT2D eigenvalue weighted by molar-refractivity contribution is 5.98. The van der Waals surface area contributed by atoms with Crippen molar-refractivity contribution in [2.75, 3.05) is 23.7 Å². The van der Waals surface area contributed by atoms with Crippen LogP contribution in [0.2, 0.25) is 0 Å². The minimum atomic E-state index is -0.818. The number of benzene rings is 3. The Hall–Kier alpha value is -3.38. The summed E-state index contributed by atoms with van der Waals surface area (Å²) in [7, 11) is 0. The summed E-state index contributed by atoms with van der Waals surface area (Å²) in [6.45, 7) is 1.22. The molecule has 1 aliphatic heterocycles. The van der Waals surface area contributed by atoms with Gasteiger partial charge in [0.15, 0.2) is 0 Å². The second-order valence-electron chi connectivity index (χ2n) is 8.80. The normalized spacial score (nSPS) is 18.5. The van der Waals surface area contributed by atoms with Gasteiger partial charge < -0.3 is 21.1 Å². The number of carbonyl (C=O) groups excluding carboxylic acids is 2. The van der Waals surface area contributed by atoms with Gasteiger partial charge in [-0.3, -0.25) is 9.59 Å². The highest BCUT2D eigenvalue weighted by Gasteiger charge is 2.46. The molecule has 0 bridgehead atoms. The molecule has 0 radical (unpaired) electrons. The van der Waals surface area contributed by atoms with Crippen LogP contribution >= 0.6 is 0 Å². The molecule has 1 fully saturated rings. The number of nitrogen functional groups attached to an aromatic ring is 1. The van der Waals surface area contributed by atoms with Crippen molar-refractivity contribution in [3.8, 4) is 0 Å². The van der Waals surface area contributed by atoms with Gasteiger partial charge >= 0.3 is 5.97 Å². The lowest BCUT2D eigenvalue weighted by atomic mass is 9.74. The molecule has 3 aromatic rings. The van der Waals surface area contributed by atoms with Gasteiger partial charge in [-0.15, -0.1) is 0 Å². The van der Waals surface area contributed by atoms with Crippen molar-refractivity contribution in [1.82, 2.24) is 0 Å². The maximum absolute atomic E-state index is 13.4. The molecule has 6 heteroatoms. The van der Waals surface area contributed by atoms with Gasteiger partial charge in [0.25, 0.3) is 0 Å². The smallest absolute Gasteiger partial charge is 0.313 e. The number of carbonyl (C=O) groups is 2. The third-order valence-corrected chi connectivity index (χ3v) is 6.59. The number of anilines is 2. The van der Waals surface area contributed by atoms with Crippen molar-refractivity contribution >= 4 is 34.0 Å². The first-order chi connectivity index (χ1) is 16.0. The lowest BCUT2D eigenvalue weighted by Crippen LogP contribution is -2.48. The Morgan fingerprint density at radius 2 is 1.76 bits per heavy atom. The number of ether oxygens (including phenoxy) is 1. The average Bonchev–Trinajstić information content (AvgIpc) is 2.83. The van der Waals surface area contributed by atoms with E-state index in [9.17, 15) is 9.59 Å². The zero-order valence-electron chi connectivity index (χ0n) is 18.8. The number of unbranched alkanes of at least 4 members (excludes halogenated alkanes) is 1. The van der Waals surface area contributed by atoms with Crippen molar-refractivity contribution in [2.24, 2.45) is 11.1 Å². The zero-order chi connectivity index (χ0) is 23.3. The van der Waals surface area contributed by atoms with E-state index in [-0.39, 0.29) is 24.9 Å². The minimum absolute atomic E-state index is 0.0686. The SMILES string of the molecule is NCCCCC1(C(=O)OCc2cccc3ccccc23)CCN(c2ccc(N)cc2)C(=O)C1. The van der Waals surface area contributed by atoms with Gasteiger partial charge in [0.05, 0.1) is 5.41 Å². The van der Waals surface area contributed by atoms with Crippen LogP contribution in [0.1, 0.15) is 37.7 Å². The standard InChI is InChI=1S/C27H31N3O3/c28-16-4-3-14-27(15-17-30(25(31)18-27)23-12-10-22(29)11-13-23)26(32)33-19-21-8-5-7-20-6-1-2-9-24(20)21/h1-2,5-13H,3-4,14-19,28-29H2. The molecule has 4 rings (SSSR count). The van der Waals surface area contributed by atoms with Crippen molar-refractivity contribution in [3.05, 3.63) is 72.3 Å². The Balaban J connectivity index is 1.50. The summed E-state index contributed by atoms with van der Waals surface area (Å²) < 4.78 is 5.86. The molecule has 0 saturated carbocycles. The summed E-state index contributed by atoms with van der Waals surface area (Å²) in [4.78, 5) is 28.3. The topological polar surface area (TPSA) is 98.7 Å². The van der Waals surface area contributed by atoms with Gasteiger partial charge in [0, 0.05) is 24.3 Å². The molecule has 1 atom stereocenters. The Labute approximate surface area is 194 Å². The molecule has 1 saturated heterocycles. The molecule has 6 nitrogen and oxygen atoms in total. The van der Waals surface area contributed by atoms with Gasteiger partial charge in [-0.25, -0.2) is 0 Å². The van der Waals surface area contributed by atoms with Crippen molar-refractivity contribution in [2.45, 2.75) is 38.7 Å². The Bertz CT molecular complexity index is 1120. The number of rotatable bonds is 8. The number of piperidine rings is 1. The summed E-state index contributed by atoms with van der Waals surface area (Å²) >= 11 is 0. The van der Waals surface area contributed by atoms with Crippen LogP contribution in [-0.4, -0.2) is 25.0 Å². The molecule has 0 spiro atoms. The highest BCUT2D eigenvalue weighted by atomic mass is 16.5. The molecule has 1 heterocycles. The maximum Gasteiger partial charge on any atom is 0.313 e. The van der Waals surface area contributed by atoms with E-state index < -0.39 is 5.41 Å². The van der Waals surface area contributed by atoms with Gasteiger partial charge in [-0.05, 0) is 66.4 Å². The molecule has 0 aromatic heterocycles. The Kier molecular flexibility index (Phi) is 6.94. The number of nitrogens with zero attached hydrogens (tertiary/aromatic N) is 1. The summed E-state index contributed by atoms with van der Waals surface area (Å²) in [5.41, 5.74) is 13.1. The van der Waals surface area contributed by atoms with Crippen LogP contribution in [0.15, 0.2) is 66.7 Å². The van der Waals surface area contributed by atoms with Crippen LogP contribution in [0.3, 0.4) is 0 Å².